The molecular formula is C27H32FN3O5. The Morgan fingerprint density at radius 2 is 1.83 bits per heavy atom. The third-order valence-corrected chi connectivity index (χ3v) is 7.39. The number of imide groups is 1. The van der Waals surface area contributed by atoms with Gasteiger partial charge in [0.2, 0.25) is 0 Å². The highest BCUT2D eigenvalue weighted by Crippen LogP contribution is 2.37. The smallest absolute Gasteiger partial charge is 0.325 e. The zero-order valence-corrected chi connectivity index (χ0v) is 20.5. The van der Waals surface area contributed by atoms with Crippen LogP contribution in [0, 0.1) is 11.7 Å². The molecule has 3 aliphatic rings. The summed E-state index contributed by atoms with van der Waals surface area (Å²) in [5.41, 5.74) is 0.737. The van der Waals surface area contributed by atoms with E-state index in [0.29, 0.717) is 18.8 Å². The Balaban J connectivity index is 1.31. The number of halogens is 1. The first kappa shape index (κ1) is 24.5. The normalized spacial score (nSPS) is 22.7. The maximum absolute atomic E-state index is 14.0. The fourth-order valence-electron chi connectivity index (χ4n) is 5.57. The van der Waals surface area contributed by atoms with Crippen molar-refractivity contribution in [1.82, 2.24) is 15.1 Å². The second-order valence-corrected chi connectivity index (χ2v) is 9.69. The topological polar surface area (TPSA) is 80.3 Å². The van der Waals surface area contributed by atoms with Crippen LogP contribution < -0.4 is 14.8 Å². The molecule has 1 unspecified atom stereocenters. The number of amides is 3. The molecule has 2 saturated heterocycles. The van der Waals surface area contributed by atoms with Gasteiger partial charge in [0.25, 0.3) is 5.91 Å². The van der Waals surface area contributed by atoms with Gasteiger partial charge >= 0.3 is 6.03 Å². The Bertz CT molecular complexity index is 1120. The van der Waals surface area contributed by atoms with E-state index in [0.717, 1.165) is 49.5 Å². The predicted molar refractivity (Wildman–Crippen MR) is 130 cm³/mol. The second kappa shape index (κ2) is 10.4. The summed E-state index contributed by atoms with van der Waals surface area (Å²) in [6.07, 6.45) is 1.74. The minimum absolute atomic E-state index is 0.0683. The lowest BCUT2D eigenvalue weighted by Crippen LogP contribution is -2.57. The molecule has 0 aliphatic carbocycles. The van der Waals surface area contributed by atoms with Gasteiger partial charge in [-0.25, -0.2) is 9.18 Å². The fraction of sp³-hybridized carbons (Fsp3) is 0.481. The molecule has 1 N–H and O–H groups in total. The summed E-state index contributed by atoms with van der Waals surface area (Å²) in [6, 6.07) is 11.9. The Morgan fingerprint density at radius 3 is 2.58 bits per heavy atom. The van der Waals surface area contributed by atoms with Gasteiger partial charge in [0.05, 0.1) is 13.2 Å². The van der Waals surface area contributed by atoms with E-state index in [1.807, 2.05) is 12.1 Å². The van der Waals surface area contributed by atoms with E-state index in [9.17, 15) is 14.0 Å². The van der Waals surface area contributed by atoms with Gasteiger partial charge in [0, 0.05) is 20.1 Å². The number of benzene rings is 2. The number of rotatable bonds is 8. The van der Waals surface area contributed by atoms with Crippen LogP contribution in [0.15, 0.2) is 42.5 Å². The number of methoxy groups -OCH3 is 1. The van der Waals surface area contributed by atoms with E-state index in [4.69, 9.17) is 14.2 Å². The summed E-state index contributed by atoms with van der Waals surface area (Å²) >= 11 is 0. The highest BCUT2D eigenvalue weighted by molar-refractivity contribution is 6.07. The van der Waals surface area contributed by atoms with Crippen LogP contribution >= 0.6 is 0 Å². The molecule has 9 heteroatoms. The van der Waals surface area contributed by atoms with E-state index < -0.39 is 11.6 Å². The number of fused-ring (bicyclic) bond motifs is 1. The number of nitrogens with zero attached hydrogens (tertiary/aromatic N) is 2. The molecule has 36 heavy (non-hydrogen) atoms. The number of hydrogen-bond acceptors (Lipinski definition) is 6. The third kappa shape index (κ3) is 4.90. The summed E-state index contributed by atoms with van der Waals surface area (Å²) in [5.74, 6) is 0.875. The van der Waals surface area contributed by atoms with Crippen molar-refractivity contribution in [2.75, 3.05) is 46.6 Å². The van der Waals surface area contributed by atoms with Gasteiger partial charge < -0.3 is 19.5 Å². The van der Waals surface area contributed by atoms with Crippen LogP contribution in [0.3, 0.4) is 0 Å². The first-order valence-corrected chi connectivity index (χ1v) is 12.5. The van der Waals surface area contributed by atoms with E-state index in [1.165, 1.54) is 24.1 Å². The number of likely N-dealkylation sites (tertiary alicyclic amines) is 1. The van der Waals surface area contributed by atoms with E-state index in [1.54, 1.807) is 12.1 Å². The van der Waals surface area contributed by atoms with Crippen molar-refractivity contribution in [2.45, 2.75) is 31.3 Å². The minimum atomic E-state index is -1.10. The highest BCUT2D eigenvalue weighted by Gasteiger charge is 2.55. The number of hydrogen-bond donors (Lipinski definition) is 1. The van der Waals surface area contributed by atoms with Crippen LogP contribution in [0.4, 0.5) is 9.18 Å². The highest BCUT2D eigenvalue weighted by atomic mass is 19.1. The maximum Gasteiger partial charge on any atom is 0.325 e. The maximum atomic E-state index is 14.0. The first-order chi connectivity index (χ1) is 17.5. The summed E-state index contributed by atoms with van der Waals surface area (Å²) in [6.45, 7) is 3.90. The lowest BCUT2D eigenvalue weighted by molar-refractivity contribution is -0.134. The summed E-state index contributed by atoms with van der Waals surface area (Å²) in [4.78, 5) is 30.1. The van der Waals surface area contributed by atoms with Gasteiger partial charge in [0.1, 0.15) is 24.6 Å². The minimum Gasteiger partial charge on any atom is -0.486 e. The first-order valence-electron chi connectivity index (χ1n) is 12.5. The van der Waals surface area contributed by atoms with Crippen molar-refractivity contribution >= 4 is 11.9 Å². The largest absolute Gasteiger partial charge is 0.486 e. The van der Waals surface area contributed by atoms with Crippen LogP contribution in [-0.2, 0) is 22.5 Å². The molecule has 8 nitrogen and oxygen atoms in total. The van der Waals surface area contributed by atoms with Gasteiger partial charge in [-0.1, -0.05) is 18.2 Å². The molecular weight excluding hydrogens is 465 g/mol. The lowest BCUT2D eigenvalue weighted by atomic mass is 9.74. The quantitative estimate of drug-likeness (QED) is 0.565. The van der Waals surface area contributed by atoms with Gasteiger partial charge in [-0.3, -0.25) is 14.6 Å². The molecule has 0 radical (unpaired) electrons. The van der Waals surface area contributed by atoms with Gasteiger partial charge in [-0.05, 0) is 67.2 Å². The van der Waals surface area contributed by atoms with Crippen LogP contribution in [-0.4, -0.2) is 73.8 Å². The predicted octanol–water partition coefficient (Wildman–Crippen LogP) is 2.99. The molecule has 3 heterocycles. The number of carbonyl (C=O) groups is 2. The van der Waals surface area contributed by atoms with Crippen molar-refractivity contribution in [2.24, 2.45) is 5.92 Å². The second-order valence-electron chi connectivity index (χ2n) is 9.69. The number of urea groups is 1. The molecule has 0 bridgehead atoms. The number of nitrogens with one attached hydrogen (secondary N) is 1. The zero-order valence-electron chi connectivity index (χ0n) is 20.5. The van der Waals surface area contributed by atoms with Crippen LogP contribution in [0.5, 0.6) is 11.5 Å². The Kier molecular flexibility index (Phi) is 7.11. The molecule has 0 spiro atoms. The van der Waals surface area contributed by atoms with E-state index in [-0.39, 0.29) is 37.2 Å². The summed E-state index contributed by atoms with van der Waals surface area (Å²) < 4.78 is 30.4. The molecule has 2 aromatic carbocycles. The number of piperidine rings is 1. The molecule has 5 rings (SSSR count). The lowest BCUT2D eigenvalue weighted by Gasteiger charge is -2.41. The van der Waals surface area contributed by atoms with Crippen molar-refractivity contribution in [3.8, 4) is 11.5 Å². The Morgan fingerprint density at radius 1 is 1.06 bits per heavy atom. The average molecular weight is 498 g/mol. The molecule has 2 fully saturated rings. The molecule has 1 atom stereocenters. The SMILES string of the molecule is COCCN1C(=O)NC(Cc2cccc(F)c2)(C2CCN(Cc3ccc4c(c3)OCCO4)CC2)C1=O. The van der Waals surface area contributed by atoms with Crippen LogP contribution in [0.1, 0.15) is 24.0 Å². The molecule has 3 aliphatic heterocycles. The molecule has 192 valence electrons. The van der Waals surface area contributed by atoms with Crippen LogP contribution in [0.25, 0.3) is 0 Å². The van der Waals surface area contributed by atoms with Crippen molar-refractivity contribution in [3.05, 3.63) is 59.4 Å². The Hall–Kier alpha value is -3.17. The molecule has 2 aromatic rings. The monoisotopic (exact) mass is 497 g/mol. The molecule has 3 amide bonds. The average Bonchev–Trinajstić information content (AvgIpc) is 3.12. The van der Waals surface area contributed by atoms with Crippen molar-refractivity contribution in [3.63, 3.8) is 0 Å². The fourth-order valence-corrected chi connectivity index (χ4v) is 5.57. The summed E-state index contributed by atoms with van der Waals surface area (Å²) in [7, 11) is 1.54. The Labute approximate surface area is 210 Å². The van der Waals surface area contributed by atoms with Crippen molar-refractivity contribution in [1.29, 1.82) is 0 Å². The standard InChI is InChI=1S/C27H32FN3O5/c1-34-12-11-31-25(32)27(29-26(31)33,17-19-3-2-4-22(28)15-19)21-7-9-30(10-8-21)18-20-5-6-23-24(16-20)36-14-13-35-23/h2-6,15-16,21H,7-14,17-18H2,1H3,(H,29,33). The number of carbonyl (C=O) groups excluding carboxylic acids is 2. The van der Waals surface area contributed by atoms with Crippen molar-refractivity contribution < 1.29 is 28.2 Å². The summed E-state index contributed by atoms with van der Waals surface area (Å²) in [5, 5.41) is 3.02. The van der Waals surface area contributed by atoms with Crippen LogP contribution in [0.2, 0.25) is 0 Å². The number of ether oxygens (including phenoxy) is 3. The van der Waals surface area contributed by atoms with E-state index in [2.05, 4.69) is 16.3 Å². The zero-order chi connectivity index (χ0) is 25.1. The third-order valence-electron chi connectivity index (χ3n) is 7.39. The van der Waals surface area contributed by atoms with Gasteiger partial charge in [-0.15, -0.1) is 0 Å². The van der Waals surface area contributed by atoms with E-state index >= 15 is 0 Å². The molecule has 0 aromatic heterocycles. The molecule has 0 saturated carbocycles. The van der Waals surface area contributed by atoms with Gasteiger partial charge in [-0.2, -0.15) is 0 Å². The van der Waals surface area contributed by atoms with Gasteiger partial charge in [0.15, 0.2) is 11.5 Å².